The van der Waals surface area contributed by atoms with Crippen LogP contribution in [0.2, 0.25) is 10.0 Å². The third-order valence-electron chi connectivity index (χ3n) is 5.67. The first-order chi connectivity index (χ1) is 15.5. The molecular weight excluding hydrogens is 448 g/mol. The number of halogens is 3. The summed E-state index contributed by atoms with van der Waals surface area (Å²) in [4.78, 5) is 16.8. The number of nitrogens with zero attached hydrogens (tertiary/aromatic N) is 3. The summed E-state index contributed by atoms with van der Waals surface area (Å²) < 4.78 is 13.6. The van der Waals surface area contributed by atoms with E-state index in [1.54, 1.807) is 29.2 Å². The normalized spacial score (nSPS) is 15.4. The van der Waals surface area contributed by atoms with Crippen LogP contribution in [0.5, 0.6) is 0 Å². The Morgan fingerprint density at radius 3 is 2.62 bits per heavy atom. The molecule has 0 radical (unpaired) electrons. The zero-order valence-electron chi connectivity index (χ0n) is 17.1. The molecule has 1 amide bonds. The lowest BCUT2D eigenvalue weighted by Crippen LogP contribution is -2.38. The van der Waals surface area contributed by atoms with Gasteiger partial charge in [0.2, 0.25) is 0 Å². The summed E-state index contributed by atoms with van der Waals surface area (Å²) in [6.07, 6.45) is 0.739. The number of amides is 1. The van der Waals surface area contributed by atoms with Gasteiger partial charge >= 0.3 is 0 Å². The zero-order chi connectivity index (χ0) is 22.7. The first-order valence-electron chi connectivity index (χ1n) is 10.2. The molecule has 0 bridgehead atoms. The number of carbonyl (C=O) groups excluding carboxylic acids is 1. The largest absolute Gasteiger partial charge is 0.362 e. The molecule has 3 aromatic rings. The molecule has 7 heteroatoms. The van der Waals surface area contributed by atoms with Crippen LogP contribution in [0.15, 0.2) is 66.7 Å². The summed E-state index contributed by atoms with van der Waals surface area (Å²) in [6.45, 7) is 1.56. The molecule has 4 rings (SSSR count). The van der Waals surface area contributed by atoms with Gasteiger partial charge in [-0.15, -0.1) is 0 Å². The van der Waals surface area contributed by atoms with Crippen LogP contribution in [0, 0.1) is 17.1 Å². The van der Waals surface area contributed by atoms with Gasteiger partial charge in [0.05, 0.1) is 10.6 Å². The maximum absolute atomic E-state index is 13.6. The minimum atomic E-state index is -0.431. The van der Waals surface area contributed by atoms with Crippen molar-refractivity contribution in [1.29, 1.82) is 5.26 Å². The van der Waals surface area contributed by atoms with Gasteiger partial charge in [-0.3, -0.25) is 4.79 Å². The second kappa shape index (κ2) is 9.60. The minimum Gasteiger partial charge on any atom is -0.362 e. The monoisotopic (exact) mass is 467 g/mol. The molecule has 3 aromatic carbocycles. The van der Waals surface area contributed by atoms with Crippen LogP contribution in [0.3, 0.4) is 0 Å². The van der Waals surface area contributed by atoms with Crippen LogP contribution in [0.1, 0.15) is 27.9 Å². The van der Waals surface area contributed by atoms with E-state index in [2.05, 4.69) is 11.0 Å². The van der Waals surface area contributed by atoms with Gasteiger partial charge in [-0.2, -0.15) is 5.26 Å². The van der Waals surface area contributed by atoms with Crippen molar-refractivity contribution in [2.24, 2.45) is 0 Å². The van der Waals surface area contributed by atoms with E-state index in [4.69, 9.17) is 23.2 Å². The van der Waals surface area contributed by atoms with Gasteiger partial charge < -0.3 is 9.80 Å². The molecule has 4 nitrogen and oxygen atoms in total. The Labute approximate surface area is 196 Å². The summed E-state index contributed by atoms with van der Waals surface area (Å²) in [5.74, 6) is -0.623. The summed E-state index contributed by atoms with van der Waals surface area (Å²) in [5.41, 5.74) is 2.54. The Morgan fingerprint density at radius 1 is 1.09 bits per heavy atom. The van der Waals surface area contributed by atoms with Gasteiger partial charge in [0.25, 0.3) is 5.91 Å². The molecule has 0 N–H and O–H groups in total. The molecule has 1 aliphatic rings. The van der Waals surface area contributed by atoms with Crippen LogP contribution < -0.4 is 4.90 Å². The molecule has 162 valence electrons. The van der Waals surface area contributed by atoms with Gasteiger partial charge in [0.1, 0.15) is 11.9 Å². The fourth-order valence-corrected chi connectivity index (χ4v) is 4.41. The maximum Gasteiger partial charge on any atom is 0.254 e. The third kappa shape index (κ3) is 4.72. The SMILES string of the molecule is N#Cc1ccc(N(Cc2ccccc2Cl)C2CCN(C(=O)c3cccc(F)c3)C2)cc1Cl. The standard InChI is InChI=1S/C25H20Cl2FN3O/c26-23-7-2-1-4-19(23)15-31(21-9-8-18(14-29)24(27)13-21)22-10-11-30(16-22)25(32)17-5-3-6-20(28)12-17/h1-9,12-13,22H,10-11,15-16H2. The Kier molecular flexibility index (Phi) is 6.64. The van der Waals surface area contributed by atoms with Crippen molar-refractivity contribution >= 4 is 34.8 Å². The van der Waals surface area contributed by atoms with Crippen molar-refractivity contribution in [3.63, 3.8) is 0 Å². The highest BCUT2D eigenvalue weighted by molar-refractivity contribution is 6.32. The molecule has 0 aromatic heterocycles. The van der Waals surface area contributed by atoms with Gasteiger partial charge in [-0.25, -0.2) is 4.39 Å². The van der Waals surface area contributed by atoms with Crippen molar-refractivity contribution in [2.45, 2.75) is 19.0 Å². The number of hydrogen-bond donors (Lipinski definition) is 0. The van der Waals surface area contributed by atoms with E-state index in [1.165, 1.54) is 12.1 Å². The topological polar surface area (TPSA) is 47.3 Å². The van der Waals surface area contributed by atoms with Gasteiger partial charge in [-0.05, 0) is 54.4 Å². The summed E-state index contributed by atoms with van der Waals surface area (Å²) in [5, 5.41) is 10.2. The van der Waals surface area contributed by atoms with Crippen LogP contribution in [-0.4, -0.2) is 29.9 Å². The van der Waals surface area contributed by atoms with E-state index in [0.717, 1.165) is 17.7 Å². The second-order valence-electron chi connectivity index (χ2n) is 7.70. The van der Waals surface area contributed by atoms with Gasteiger partial charge in [-0.1, -0.05) is 47.5 Å². The molecule has 1 aliphatic heterocycles. The molecule has 0 aliphatic carbocycles. The molecule has 1 atom stereocenters. The highest BCUT2D eigenvalue weighted by Gasteiger charge is 2.32. The fraction of sp³-hybridized carbons (Fsp3) is 0.200. The first-order valence-corrected chi connectivity index (χ1v) is 11.0. The number of hydrogen-bond acceptors (Lipinski definition) is 3. The number of likely N-dealkylation sites (tertiary alicyclic amines) is 1. The lowest BCUT2D eigenvalue weighted by atomic mass is 10.1. The van der Waals surface area contributed by atoms with E-state index in [1.807, 2.05) is 30.3 Å². The molecule has 32 heavy (non-hydrogen) atoms. The fourth-order valence-electron chi connectivity index (χ4n) is 4.00. The molecule has 1 heterocycles. The van der Waals surface area contributed by atoms with Crippen molar-refractivity contribution < 1.29 is 9.18 Å². The predicted octanol–water partition coefficient (Wildman–Crippen LogP) is 5.93. The van der Waals surface area contributed by atoms with E-state index >= 15 is 0 Å². The van der Waals surface area contributed by atoms with Gasteiger partial charge in [0, 0.05) is 41.9 Å². The quantitative estimate of drug-likeness (QED) is 0.467. The molecule has 0 saturated carbocycles. The molecular formula is C25H20Cl2FN3O. The Bertz CT molecular complexity index is 1190. The van der Waals surface area contributed by atoms with Crippen LogP contribution >= 0.6 is 23.2 Å². The van der Waals surface area contributed by atoms with Crippen molar-refractivity contribution in [2.75, 3.05) is 18.0 Å². The Hall–Kier alpha value is -3.07. The van der Waals surface area contributed by atoms with E-state index in [0.29, 0.717) is 40.8 Å². The number of benzene rings is 3. The summed E-state index contributed by atoms with van der Waals surface area (Å²) >= 11 is 12.7. The molecule has 1 saturated heterocycles. The van der Waals surface area contributed by atoms with E-state index < -0.39 is 5.82 Å². The smallest absolute Gasteiger partial charge is 0.254 e. The Balaban J connectivity index is 1.61. The van der Waals surface area contributed by atoms with Crippen molar-refractivity contribution in [1.82, 2.24) is 4.90 Å². The van der Waals surface area contributed by atoms with Crippen LogP contribution in [-0.2, 0) is 6.54 Å². The van der Waals surface area contributed by atoms with Crippen LogP contribution in [0.25, 0.3) is 0 Å². The predicted molar refractivity (Wildman–Crippen MR) is 125 cm³/mol. The van der Waals surface area contributed by atoms with E-state index in [-0.39, 0.29) is 11.9 Å². The molecule has 1 fully saturated rings. The maximum atomic E-state index is 13.6. The lowest BCUT2D eigenvalue weighted by Gasteiger charge is -2.32. The number of nitriles is 1. The summed E-state index contributed by atoms with van der Waals surface area (Å²) in [6, 6.07) is 20.8. The first kappa shape index (κ1) is 22.1. The highest BCUT2D eigenvalue weighted by Crippen LogP contribution is 2.31. The van der Waals surface area contributed by atoms with E-state index in [9.17, 15) is 14.4 Å². The minimum absolute atomic E-state index is 0.00721. The number of carbonyl (C=O) groups is 1. The third-order valence-corrected chi connectivity index (χ3v) is 6.35. The lowest BCUT2D eigenvalue weighted by molar-refractivity contribution is 0.0790. The summed E-state index contributed by atoms with van der Waals surface area (Å²) in [7, 11) is 0. The molecule has 1 unspecified atom stereocenters. The average molecular weight is 468 g/mol. The number of anilines is 1. The highest BCUT2D eigenvalue weighted by atomic mass is 35.5. The van der Waals surface area contributed by atoms with Crippen molar-refractivity contribution in [3.05, 3.63) is 99.3 Å². The van der Waals surface area contributed by atoms with Gasteiger partial charge in [0.15, 0.2) is 0 Å². The van der Waals surface area contributed by atoms with Crippen molar-refractivity contribution in [3.8, 4) is 6.07 Å². The zero-order valence-corrected chi connectivity index (χ0v) is 18.7. The van der Waals surface area contributed by atoms with Crippen LogP contribution in [0.4, 0.5) is 10.1 Å². The Morgan fingerprint density at radius 2 is 1.91 bits per heavy atom. The second-order valence-corrected chi connectivity index (χ2v) is 8.51. The average Bonchev–Trinajstić information content (AvgIpc) is 3.28. The molecule has 0 spiro atoms. The number of rotatable bonds is 5.